The fraction of sp³-hybridized carbons (Fsp3) is 0.467. The molecule has 1 aliphatic heterocycles. The summed E-state index contributed by atoms with van der Waals surface area (Å²) < 4.78 is 0. The zero-order valence-electron chi connectivity index (χ0n) is 13.3. The Kier molecular flexibility index (Phi) is 5.83. The Morgan fingerprint density at radius 3 is 2.67 bits per heavy atom. The first-order valence-electron chi connectivity index (χ1n) is 7.61. The third kappa shape index (κ3) is 4.49. The SMILES string of the molecule is Cc1ccc([N+](=O)[O-])cc1NC(=O)C[C@H](C(=O)O)N1CCNCC1. The topological polar surface area (TPSA) is 125 Å². The van der Waals surface area contributed by atoms with Crippen molar-refractivity contribution < 1.29 is 19.6 Å². The number of nitrogens with one attached hydrogen (secondary N) is 2. The second kappa shape index (κ2) is 7.84. The van der Waals surface area contributed by atoms with Gasteiger partial charge in [-0.05, 0) is 12.5 Å². The molecule has 1 aliphatic rings. The number of carbonyl (C=O) groups excluding carboxylic acids is 1. The second-order valence-corrected chi connectivity index (χ2v) is 5.65. The maximum atomic E-state index is 12.2. The van der Waals surface area contributed by atoms with E-state index in [0.29, 0.717) is 37.4 Å². The maximum Gasteiger partial charge on any atom is 0.321 e. The molecule has 1 heterocycles. The van der Waals surface area contributed by atoms with Crippen molar-refractivity contribution in [2.45, 2.75) is 19.4 Å². The highest BCUT2D eigenvalue weighted by Crippen LogP contribution is 2.22. The lowest BCUT2D eigenvalue weighted by Crippen LogP contribution is -2.52. The number of nitrogens with zero attached hydrogens (tertiary/aromatic N) is 2. The highest BCUT2D eigenvalue weighted by atomic mass is 16.6. The van der Waals surface area contributed by atoms with Crippen LogP contribution in [0.25, 0.3) is 0 Å². The van der Waals surface area contributed by atoms with Crippen molar-refractivity contribution in [1.29, 1.82) is 0 Å². The van der Waals surface area contributed by atoms with Crippen molar-refractivity contribution >= 4 is 23.3 Å². The summed E-state index contributed by atoms with van der Waals surface area (Å²) in [4.78, 5) is 35.7. The van der Waals surface area contributed by atoms with Gasteiger partial charge in [-0.15, -0.1) is 0 Å². The number of rotatable bonds is 6. The van der Waals surface area contributed by atoms with Crippen LogP contribution in [0.3, 0.4) is 0 Å². The van der Waals surface area contributed by atoms with Gasteiger partial charge in [-0.2, -0.15) is 0 Å². The van der Waals surface area contributed by atoms with Gasteiger partial charge >= 0.3 is 5.97 Å². The van der Waals surface area contributed by atoms with Gasteiger partial charge in [0, 0.05) is 38.3 Å². The highest BCUT2D eigenvalue weighted by molar-refractivity contribution is 5.94. The van der Waals surface area contributed by atoms with Gasteiger partial charge in [-0.3, -0.25) is 24.6 Å². The summed E-state index contributed by atoms with van der Waals surface area (Å²) in [5.74, 6) is -1.53. The smallest absolute Gasteiger partial charge is 0.321 e. The number of anilines is 1. The van der Waals surface area contributed by atoms with Gasteiger partial charge in [0.2, 0.25) is 5.91 Å². The molecule has 0 radical (unpaired) electrons. The Labute approximate surface area is 138 Å². The summed E-state index contributed by atoms with van der Waals surface area (Å²) in [5, 5.41) is 25.9. The number of aliphatic carboxylic acids is 1. The molecule has 9 heteroatoms. The van der Waals surface area contributed by atoms with Crippen LogP contribution in [0.2, 0.25) is 0 Å². The Balaban J connectivity index is 2.06. The Morgan fingerprint density at radius 2 is 2.08 bits per heavy atom. The third-order valence-electron chi connectivity index (χ3n) is 3.96. The minimum atomic E-state index is -1.05. The zero-order valence-corrected chi connectivity index (χ0v) is 13.3. The average Bonchev–Trinajstić information content (AvgIpc) is 2.55. The van der Waals surface area contributed by atoms with Crippen LogP contribution in [0, 0.1) is 17.0 Å². The van der Waals surface area contributed by atoms with E-state index in [-0.39, 0.29) is 12.1 Å². The first kappa shape index (κ1) is 17.8. The van der Waals surface area contributed by atoms with Crippen LogP contribution in [0.5, 0.6) is 0 Å². The molecule has 1 atom stereocenters. The summed E-state index contributed by atoms with van der Waals surface area (Å²) in [6.07, 6.45) is -0.211. The molecule has 0 aromatic heterocycles. The molecule has 2 rings (SSSR count). The number of carboxylic acids is 1. The van der Waals surface area contributed by atoms with Gasteiger partial charge in [0.15, 0.2) is 0 Å². The summed E-state index contributed by atoms with van der Waals surface area (Å²) in [6, 6.07) is 3.25. The van der Waals surface area contributed by atoms with Crippen molar-refractivity contribution in [3.63, 3.8) is 0 Å². The Bertz CT molecular complexity index is 643. The molecule has 1 fully saturated rings. The van der Waals surface area contributed by atoms with Crippen LogP contribution < -0.4 is 10.6 Å². The molecule has 9 nitrogen and oxygen atoms in total. The molecule has 1 aromatic carbocycles. The average molecular weight is 336 g/mol. The molecule has 24 heavy (non-hydrogen) atoms. The summed E-state index contributed by atoms with van der Waals surface area (Å²) in [7, 11) is 0. The van der Waals surface area contributed by atoms with Gasteiger partial charge in [-0.25, -0.2) is 0 Å². The van der Waals surface area contributed by atoms with E-state index in [0.717, 1.165) is 0 Å². The maximum absolute atomic E-state index is 12.2. The van der Waals surface area contributed by atoms with Gasteiger partial charge in [0.05, 0.1) is 17.0 Å². The van der Waals surface area contributed by atoms with E-state index in [1.54, 1.807) is 17.9 Å². The molecule has 0 bridgehead atoms. The first-order valence-corrected chi connectivity index (χ1v) is 7.61. The minimum absolute atomic E-state index is 0.132. The lowest BCUT2D eigenvalue weighted by molar-refractivity contribution is -0.384. The van der Waals surface area contributed by atoms with E-state index in [4.69, 9.17) is 0 Å². The molecule has 1 saturated heterocycles. The molecular formula is C15H20N4O5. The highest BCUT2D eigenvalue weighted by Gasteiger charge is 2.29. The molecular weight excluding hydrogens is 316 g/mol. The molecule has 1 aromatic rings. The van der Waals surface area contributed by atoms with E-state index in [1.165, 1.54) is 12.1 Å². The normalized spacial score (nSPS) is 16.4. The molecule has 3 N–H and O–H groups in total. The molecule has 0 aliphatic carbocycles. The monoisotopic (exact) mass is 336 g/mol. The minimum Gasteiger partial charge on any atom is -0.480 e. The van der Waals surface area contributed by atoms with Crippen LogP contribution >= 0.6 is 0 Å². The lowest BCUT2D eigenvalue weighted by Gasteiger charge is -2.32. The molecule has 0 spiro atoms. The molecule has 130 valence electrons. The van der Waals surface area contributed by atoms with Crippen molar-refractivity contribution in [2.75, 3.05) is 31.5 Å². The number of carboxylic acid groups (broad SMARTS) is 1. The van der Waals surface area contributed by atoms with Crippen molar-refractivity contribution in [3.8, 4) is 0 Å². The van der Waals surface area contributed by atoms with Crippen molar-refractivity contribution in [3.05, 3.63) is 33.9 Å². The first-order chi connectivity index (χ1) is 11.4. The Hall–Kier alpha value is -2.52. The number of amides is 1. The lowest BCUT2D eigenvalue weighted by atomic mass is 10.1. The predicted octanol–water partition coefficient (Wildman–Crippen LogP) is 0.590. The second-order valence-electron chi connectivity index (χ2n) is 5.65. The fourth-order valence-electron chi connectivity index (χ4n) is 2.60. The van der Waals surface area contributed by atoms with Crippen LogP contribution in [0.1, 0.15) is 12.0 Å². The number of piperazine rings is 1. The number of hydrogen-bond acceptors (Lipinski definition) is 6. The largest absolute Gasteiger partial charge is 0.480 e. The van der Waals surface area contributed by atoms with Crippen LogP contribution in [-0.2, 0) is 9.59 Å². The quantitative estimate of drug-likeness (QED) is 0.513. The summed E-state index contributed by atoms with van der Waals surface area (Å²) >= 11 is 0. The number of aryl methyl sites for hydroxylation is 1. The predicted molar refractivity (Wildman–Crippen MR) is 86.9 cm³/mol. The number of non-ortho nitro benzene ring substituents is 1. The van der Waals surface area contributed by atoms with E-state index in [9.17, 15) is 24.8 Å². The van der Waals surface area contributed by atoms with Crippen molar-refractivity contribution in [1.82, 2.24) is 10.2 Å². The molecule has 0 saturated carbocycles. The number of carbonyl (C=O) groups is 2. The number of nitro benzene ring substituents is 1. The Morgan fingerprint density at radius 1 is 1.42 bits per heavy atom. The van der Waals surface area contributed by atoms with Crippen LogP contribution in [0.15, 0.2) is 18.2 Å². The summed E-state index contributed by atoms with van der Waals surface area (Å²) in [5.41, 5.74) is 0.856. The number of hydrogen-bond donors (Lipinski definition) is 3. The third-order valence-corrected chi connectivity index (χ3v) is 3.96. The van der Waals surface area contributed by atoms with Gasteiger partial charge < -0.3 is 15.7 Å². The van der Waals surface area contributed by atoms with Crippen molar-refractivity contribution in [2.24, 2.45) is 0 Å². The molecule has 1 amide bonds. The van der Waals surface area contributed by atoms with Gasteiger partial charge in [0.1, 0.15) is 6.04 Å². The fourth-order valence-corrected chi connectivity index (χ4v) is 2.60. The van der Waals surface area contributed by atoms with E-state index in [1.807, 2.05) is 0 Å². The standard InChI is InChI=1S/C15H20N4O5/c1-10-2-3-11(19(23)24)8-12(10)17-14(20)9-13(15(21)22)18-6-4-16-5-7-18/h2-3,8,13,16H,4-7,9H2,1H3,(H,17,20)(H,21,22)/t13-/m1/s1. The van der Waals surface area contributed by atoms with Gasteiger partial charge in [-0.1, -0.05) is 6.07 Å². The zero-order chi connectivity index (χ0) is 17.7. The van der Waals surface area contributed by atoms with E-state index >= 15 is 0 Å². The van der Waals surface area contributed by atoms with E-state index in [2.05, 4.69) is 10.6 Å². The number of benzene rings is 1. The van der Waals surface area contributed by atoms with Gasteiger partial charge in [0.25, 0.3) is 5.69 Å². The van der Waals surface area contributed by atoms with Crippen LogP contribution in [-0.4, -0.2) is 59.0 Å². The molecule has 0 unspecified atom stereocenters. The van der Waals surface area contributed by atoms with E-state index < -0.39 is 22.8 Å². The van der Waals surface area contributed by atoms with Crippen LogP contribution in [0.4, 0.5) is 11.4 Å². The summed E-state index contributed by atoms with van der Waals surface area (Å²) in [6.45, 7) is 4.18. The number of nitro groups is 1.